The Bertz CT molecular complexity index is 573. The van der Waals surface area contributed by atoms with E-state index < -0.39 is 5.97 Å². The van der Waals surface area contributed by atoms with Gasteiger partial charge in [-0.05, 0) is 38.5 Å². The van der Waals surface area contributed by atoms with Crippen LogP contribution < -0.4 is 10.6 Å². The second-order valence-electron chi connectivity index (χ2n) is 6.30. The molecule has 6 nitrogen and oxygen atoms in total. The highest BCUT2D eigenvalue weighted by Gasteiger charge is 2.34. The molecule has 2 bridgehead atoms. The molecular weight excluding hydrogens is 385 g/mol. The van der Waals surface area contributed by atoms with E-state index in [9.17, 15) is 9.59 Å². The Morgan fingerprint density at radius 3 is 2.64 bits per heavy atom. The van der Waals surface area contributed by atoms with Gasteiger partial charge in [-0.3, -0.25) is 4.79 Å². The number of rotatable bonds is 6. The Labute approximate surface area is 164 Å². The van der Waals surface area contributed by atoms with Gasteiger partial charge in [0.25, 0.3) is 0 Å². The zero-order valence-electron chi connectivity index (χ0n) is 14.2. The maximum Gasteiger partial charge on any atom is 0.357 e. The number of carbonyl (C=O) groups is 2. The number of fused-ring (bicyclic) bond motifs is 2. The SMILES string of the molecule is CCOC(=O)c1csc(CNC(=O)CC2CC3CCC(C2)N3)n1.Cl.Cl. The van der Waals surface area contributed by atoms with Crippen molar-refractivity contribution in [2.75, 3.05) is 6.61 Å². The van der Waals surface area contributed by atoms with E-state index in [0.29, 0.717) is 43.3 Å². The number of hydrogen-bond acceptors (Lipinski definition) is 6. The molecule has 9 heteroatoms. The van der Waals surface area contributed by atoms with Gasteiger partial charge in [0.15, 0.2) is 5.69 Å². The van der Waals surface area contributed by atoms with E-state index in [2.05, 4.69) is 15.6 Å². The van der Waals surface area contributed by atoms with Crippen LogP contribution in [0.2, 0.25) is 0 Å². The minimum absolute atomic E-state index is 0. The normalized spacial score (nSPS) is 24.0. The molecule has 2 aliphatic rings. The predicted octanol–water partition coefficient (Wildman–Crippen LogP) is 2.70. The zero-order valence-corrected chi connectivity index (χ0v) is 16.6. The fourth-order valence-corrected chi connectivity index (χ4v) is 4.24. The van der Waals surface area contributed by atoms with Crippen LogP contribution in [0.5, 0.6) is 0 Å². The minimum atomic E-state index is -0.411. The maximum atomic E-state index is 12.1. The van der Waals surface area contributed by atoms with Gasteiger partial charge in [-0.1, -0.05) is 0 Å². The van der Waals surface area contributed by atoms with Crippen LogP contribution >= 0.6 is 36.2 Å². The number of nitrogens with zero attached hydrogens (tertiary/aromatic N) is 1. The third-order valence-corrected chi connectivity index (χ3v) is 5.37. The monoisotopic (exact) mass is 409 g/mol. The quantitative estimate of drug-likeness (QED) is 0.705. The molecule has 2 aliphatic heterocycles. The first-order valence-electron chi connectivity index (χ1n) is 8.28. The van der Waals surface area contributed by atoms with Crippen LogP contribution in [0, 0.1) is 5.92 Å². The zero-order chi connectivity index (χ0) is 16.2. The van der Waals surface area contributed by atoms with E-state index >= 15 is 0 Å². The topological polar surface area (TPSA) is 80.3 Å². The van der Waals surface area contributed by atoms with Crippen LogP contribution in [0.1, 0.15) is 54.5 Å². The molecule has 1 aromatic rings. The van der Waals surface area contributed by atoms with Crippen molar-refractivity contribution in [1.82, 2.24) is 15.6 Å². The van der Waals surface area contributed by atoms with E-state index in [4.69, 9.17) is 4.74 Å². The number of hydrogen-bond donors (Lipinski definition) is 2. The molecule has 0 saturated carbocycles. The first-order chi connectivity index (χ1) is 11.1. The van der Waals surface area contributed by atoms with E-state index in [0.717, 1.165) is 17.8 Å². The van der Waals surface area contributed by atoms with Gasteiger partial charge in [0.2, 0.25) is 5.91 Å². The summed E-state index contributed by atoms with van der Waals surface area (Å²) in [5.41, 5.74) is 0.316. The van der Waals surface area contributed by atoms with Crippen LogP contribution in [0.15, 0.2) is 5.38 Å². The molecule has 2 fully saturated rings. The maximum absolute atomic E-state index is 12.1. The number of carbonyl (C=O) groups excluding carboxylic acids is 2. The Kier molecular flexibility index (Phi) is 9.13. The molecule has 0 aliphatic carbocycles. The lowest BCUT2D eigenvalue weighted by Gasteiger charge is -2.28. The van der Waals surface area contributed by atoms with Gasteiger partial charge in [0.05, 0.1) is 13.2 Å². The molecular formula is C16H25Cl2N3O3S. The fourth-order valence-electron chi connectivity index (χ4n) is 3.54. The van der Waals surface area contributed by atoms with Gasteiger partial charge >= 0.3 is 5.97 Å². The summed E-state index contributed by atoms with van der Waals surface area (Å²) in [4.78, 5) is 27.9. The summed E-state index contributed by atoms with van der Waals surface area (Å²) >= 11 is 1.37. The second-order valence-corrected chi connectivity index (χ2v) is 7.25. The lowest BCUT2D eigenvalue weighted by molar-refractivity contribution is -0.122. The van der Waals surface area contributed by atoms with Crippen LogP contribution in [0.4, 0.5) is 0 Å². The van der Waals surface area contributed by atoms with Crippen molar-refractivity contribution >= 4 is 48.0 Å². The molecule has 3 rings (SSSR count). The van der Waals surface area contributed by atoms with Crippen molar-refractivity contribution in [2.45, 2.75) is 57.7 Å². The smallest absolute Gasteiger partial charge is 0.357 e. The van der Waals surface area contributed by atoms with Gasteiger partial charge in [-0.2, -0.15) is 0 Å². The molecule has 3 heterocycles. The molecule has 25 heavy (non-hydrogen) atoms. The molecule has 142 valence electrons. The second kappa shape index (κ2) is 10.3. The highest BCUT2D eigenvalue weighted by molar-refractivity contribution is 7.09. The summed E-state index contributed by atoms with van der Waals surface area (Å²) in [5.74, 6) is 0.149. The van der Waals surface area contributed by atoms with Crippen molar-refractivity contribution in [3.8, 4) is 0 Å². The Morgan fingerprint density at radius 2 is 2.00 bits per heavy atom. The molecule has 0 radical (unpaired) electrons. The lowest BCUT2D eigenvalue weighted by atomic mass is 9.89. The third-order valence-electron chi connectivity index (χ3n) is 4.52. The number of thiazole rings is 1. The highest BCUT2D eigenvalue weighted by Crippen LogP contribution is 2.32. The number of piperidine rings is 1. The van der Waals surface area contributed by atoms with E-state index in [1.165, 1.54) is 24.2 Å². The minimum Gasteiger partial charge on any atom is -0.461 e. The summed E-state index contributed by atoms with van der Waals surface area (Å²) in [6.45, 7) is 2.47. The summed E-state index contributed by atoms with van der Waals surface area (Å²) in [5, 5.41) is 8.91. The Balaban J connectivity index is 0.00000156. The molecule has 0 spiro atoms. The number of ether oxygens (including phenoxy) is 1. The van der Waals surface area contributed by atoms with Gasteiger partial charge in [-0.15, -0.1) is 36.2 Å². The van der Waals surface area contributed by atoms with Gasteiger partial charge < -0.3 is 15.4 Å². The van der Waals surface area contributed by atoms with Crippen molar-refractivity contribution < 1.29 is 14.3 Å². The van der Waals surface area contributed by atoms with Crippen LogP contribution in [-0.4, -0.2) is 35.6 Å². The molecule has 1 amide bonds. The van der Waals surface area contributed by atoms with Crippen molar-refractivity contribution in [1.29, 1.82) is 0 Å². The van der Waals surface area contributed by atoms with Crippen LogP contribution in [0.25, 0.3) is 0 Å². The van der Waals surface area contributed by atoms with Crippen molar-refractivity contribution in [3.05, 3.63) is 16.1 Å². The number of nitrogens with one attached hydrogen (secondary N) is 2. The average molecular weight is 410 g/mol. The van der Waals surface area contributed by atoms with Crippen LogP contribution in [-0.2, 0) is 16.1 Å². The molecule has 0 aromatic carbocycles. The summed E-state index contributed by atoms with van der Waals surface area (Å²) < 4.78 is 4.91. The number of halogens is 2. The molecule has 2 atom stereocenters. The molecule has 2 unspecified atom stereocenters. The highest BCUT2D eigenvalue weighted by atomic mass is 35.5. The first-order valence-corrected chi connectivity index (χ1v) is 9.16. The lowest BCUT2D eigenvalue weighted by Crippen LogP contribution is -2.39. The van der Waals surface area contributed by atoms with Gasteiger partial charge in [-0.25, -0.2) is 9.78 Å². The van der Waals surface area contributed by atoms with Crippen molar-refractivity contribution in [2.24, 2.45) is 5.92 Å². The average Bonchev–Trinajstić information content (AvgIpc) is 3.12. The number of amides is 1. The predicted molar refractivity (Wildman–Crippen MR) is 102 cm³/mol. The molecule has 2 saturated heterocycles. The Morgan fingerprint density at radius 1 is 1.32 bits per heavy atom. The Hall–Kier alpha value is -0.890. The van der Waals surface area contributed by atoms with Gasteiger partial charge in [0, 0.05) is 23.9 Å². The number of aromatic nitrogens is 1. The largest absolute Gasteiger partial charge is 0.461 e. The molecule has 2 N–H and O–H groups in total. The van der Waals surface area contributed by atoms with E-state index in [-0.39, 0.29) is 30.7 Å². The van der Waals surface area contributed by atoms with E-state index in [1.54, 1.807) is 12.3 Å². The summed E-state index contributed by atoms with van der Waals surface area (Å²) in [7, 11) is 0. The number of esters is 1. The fraction of sp³-hybridized carbons (Fsp3) is 0.688. The third kappa shape index (κ3) is 6.09. The first kappa shape index (κ1) is 22.2. The van der Waals surface area contributed by atoms with E-state index in [1.807, 2.05) is 0 Å². The summed E-state index contributed by atoms with van der Waals surface area (Å²) in [6.07, 6.45) is 5.30. The molecule has 1 aromatic heterocycles. The van der Waals surface area contributed by atoms with Gasteiger partial charge in [0.1, 0.15) is 5.01 Å². The van der Waals surface area contributed by atoms with Crippen LogP contribution in [0.3, 0.4) is 0 Å². The summed E-state index contributed by atoms with van der Waals surface area (Å²) in [6, 6.07) is 1.22. The standard InChI is InChI=1S/C16H23N3O3S.2ClH/c1-2-22-16(21)13-9-23-15(19-13)8-17-14(20)7-10-5-11-3-4-12(6-10)18-11;;/h9-12,18H,2-8H2,1H3,(H,17,20);2*1H. The van der Waals surface area contributed by atoms with Crippen molar-refractivity contribution in [3.63, 3.8) is 0 Å².